The van der Waals surface area contributed by atoms with Crippen molar-refractivity contribution in [3.05, 3.63) is 24.2 Å². The molecule has 0 spiro atoms. The van der Waals surface area contributed by atoms with Crippen LogP contribution in [0.15, 0.2) is 27.8 Å². The molecule has 1 saturated carbocycles. The maximum atomic E-state index is 12.9. The van der Waals surface area contributed by atoms with E-state index in [0.29, 0.717) is 24.6 Å². The average molecular weight is 475 g/mol. The van der Waals surface area contributed by atoms with Crippen molar-refractivity contribution >= 4 is 29.9 Å². The van der Waals surface area contributed by atoms with Crippen LogP contribution in [0.3, 0.4) is 0 Å². The summed E-state index contributed by atoms with van der Waals surface area (Å²) in [6, 6.07) is 3.05. The van der Waals surface area contributed by atoms with Crippen LogP contribution >= 0.6 is 24.0 Å². The third-order valence-corrected chi connectivity index (χ3v) is 4.35. The topological polar surface area (TPSA) is 69.8 Å². The molecular formula is C16H25F3IN3O2. The minimum Gasteiger partial charge on any atom is -0.466 e. The highest BCUT2D eigenvalue weighted by Gasteiger charge is 2.42. The normalized spacial score (nSPS) is 24.2. The smallest absolute Gasteiger partial charge is 0.391 e. The zero-order valence-electron chi connectivity index (χ0n) is 14.3. The fourth-order valence-electron chi connectivity index (χ4n) is 2.93. The van der Waals surface area contributed by atoms with Gasteiger partial charge in [-0.15, -0.1) is 24.0 Å². The van der Waals surface area contributed by atoms with Crippen molar-refractivity contribution in [1.82, 2.24) is 10.6 Å². The van der Waals surface area contributed by atoms with E-state index in [0.717, 1.165) is 0 Å². The summed E-state index contributed by atoms with van der Waals surface area (Å²) in [5, 5.41) is 16.4. The predicted octanol–water partition coefficient (Wildman–Crippen LogP) is 3.39. The molecule has 0 amide bonds. The molecule has 9 heteroatoms. The molecular weight excluding hydrogens is 450 g/mol. The van der Waals surface area contributed by atoms with Gasteiger partial charge in [0.2, 0.25) is 0 Å². The SMILES string of the molecule is CN=C(NCC(C)(O)c1ccco1)NC1CCCC(C(F)(F)F)C1.I. The summed E-state index contributed by atoms with van der Waals surface area (Å²) in [6.45, 7) is 1.71. The summed E-state index contributed by atoms with van der Waals surface area (Å²) >= 11 is 0. The lowest BCUT2D eigenvalue weighted by molar-refractivity contribution is -0.183. The van der Waals surface area contributed by atoms with Gasteiger partial charge >= 0.3 is 6.18 Å². The fraction of sp³-hybridized carbons (Fsp3) is 0.688. The molecule has 1 aliphatic carbocycles. The summed E-state index contributed by atoms with van der Waals surface area (Å²) in [7, 11) is 1.54. The van der Waals surface area contributed by atoms with Crippen molar-refractivity contribution in [2.24, 2.45) is 10.9 Å². The highest BCUT2D eigenvalue weighted by molar-refractivity contribution is 14.0. The summed E-state index contributed by atoms with van der Waals surface area (Å²) < 4.78 is 43.8. The molecule has 25 heavy (non-hydrogen) atoms. The monoisotopic (exact) mass is 475 g/mol. The standard InChI is InChI=1S/C16H24F3N3O2.HI/c1-15(23,13-7-4-8-24-13)10-21-14(20-2)22-12-6-3-5-11(9-12)16(17,18)19;/h4,7-8,11-12,23H,3,5-6,9-10H2,1-2H3,(H2,20,21,22);1H. The molecule has 1 aliphatic rings. The van der Waals surface area contributed by atoms with Gasteiger partial charge in [0.05, 0.1) is 18.7 Å². The molecule has 3 unspecified atom stereocenters. The summed E-state index contributed by atoms with van der Waals surface area (Å²) in [6.07, 6.45) is -1.26. The minimum atomic E-state index is -4.15. The first-order valence-electron chi connectivity index (χ1n) is 8.02. The maximum absolute atomic E-state index is 12.9. The van der Waals surface area contributed by atoms with Crippen LogP contribution in [-0.2, 0) is 5.60 Å². The third kappa shape index (κ3) is 6.36. The number of halogens is 4. The first kappa shape index (κ1) is 22.1. The Morgan fingerprint density at radius 2 is 2.12 bits per heavy atom. The highest BCUT2D eigenvalue weighted by atomic mass is 127. The van der Waals surface area contributed by atoms with Crippen molar-refractivity contribution in [1.29, 1.82) is 0 Å². The van der Waals surface area contributed by atoms with Crippen molar-refractivity contribution in [3.8, 4) is 0 Å². The summed E-state index contributed by atoms with van der Waals surface area (Å²) in [4.78, 5) is 4.03. The van der Waals surface area contributed by atoms with E-state index in [-0.39, 0.29) is 49.4 Å². The third-order valence-electron chi connectivity index (χ3n) is 4.35. The van der Waals surface area contributed by atoms with Gasteiger partial charge in [0.15, 0.2) is 5.96 Å². The second-order valence-corrected chi connectivity index (χ2v) is 6.42. The van der Waals surface area contributed by atoms with Crippen molar-refractivity contribution in [2.45, 2.75) is 50.4 Å². The van der Waals surface area contributed by atoms with Crippen LogP contribution in [-0.4, -0.2) is 36.9 Å². The van der Waals surface area contributed by atoms with Gasteiger partial charge in [-0.05, 0) is 38.3 Å². The van der Waals surface area contributed by atoms with Crippen molar-refractivity contribution in [2.75, 3.05) is 13.6 Å². The number of guanidine groups is 1. The highest BCUT2D eigenvalue weighted by Crippen LogP contribution is 2.37. The van der Waals surface area contributed by atoms with Crippen LogP contribution in [0, 0.1) is 5.92 Å². The Kier molecular flexibility index (Phi) is 8.04. The lowest BCUT2D eigenvalue weighted by Crippen LogP contribution is -2.49. The maximum Gasteiger partial charge on any atom is 0.391 e. The van der Waals surface area contributed by atoms with Crippen LogP contribution < -0.4 is 10.6 Å². The Bertz CT molecular complexity index is 547. The molecule has 144 valence electrons. The Balaban J connectivity index is 0.00000312. The molecule has 0 saturated heterocycles. The molecule has 3 atom stereocenters. The number of aliphatic hydroxyl groups is 1. The van der Waals surface area contributed by atoms with E-state index in [4.69, 9.17) is 4.42 Å². The van der Waals surface area contributed by atoms with Gasteiger partial charge in [0.25, 0.3) is 0 Å². The van der Waals surface area contributed by atoms with E-state index in [1.54, 1.807) is 26.1 Å². The second kappa shape index (κ2) is 9.11. The number of nitrogens with zero attached hydrogens (tertiary/aromatic N) is 1. The van der Waals surface area contributed by atoms with Gasteiger partial charge in [-0.3, -0.25) is 4.99 Å². The number of hydrogen-bond donors (Lipinski definition) is 3. The number of rotatable bonds is 4. The van der Waals surface area contributed by atoms with E-state index in [9.17, 15) is 18.3 Å². The lowest BCUT2D eigenvalue weighted by atomic mass is 9.85. The molecule has 1 heterocycles. The zero-order chi connectivity index (χ0) is 17.8. The number of nitrogens with one attached hydrogen (secondary N) is 2. The predicted molar refractivity (Wildman–Crippen MR) is 100.0 cm³/mol. The molecule has 5 nitrogen and oxygen atoms in total. The van der Waals surface area contributed by atoms with Gasteiger partial charge in [-0.1, -0.05) is 6.42 Å². The Morgan fingerprint density at radius 3 is 2.68 bits per heavy atom. The number of hydrogen-bond acceptors (Lipinski definition) is 3. The first-order chi connectivity index (χ1) is 11.2. The van der Waals surface area contributed by atoms with Crippen LogP contribution in [0.25, 0.3) is 0 Å². The molecule has 0 bridgehead atoms. The van der Waals surface area contributed by atoms with Gasteiger partial charge in [0, 0.05) is 13.1 Å². The quantitative estimate of drug-likeness (QED) is 0.355. The second-order valence-electron chi connectivity index (χ2n) is 6.42. The molecule has 3 N–H and O–H groups in total. The van der Waals surface area contributed by atoms with Crippen molar-refractivity contribution < 1.29 is 22.7 Å². The average Bonchev–Trinajstić information content (AvgIpc) is 3.06. The van der Waals surface area contributed by atoms with Crippen LogP contribution in [0.5, 0.6) is 0 Å². The number of alkyl halides is 3. The lowest BCUT2D eigenvalue weighted by Gasteiger charge is -2.32. The van der Waals surface area contributed by atoms with Gasteiger partial charge in [-0.25, -0.2) is 0 Å². The molecule has 1 aromatic rings. The molecule has 1 fully saturated rings. The largest absolute Gasteiger partial charge is 0.466 e. The number of furan rings is 1. The van der Waals surface area contributed by atoms with Crippen LogP contribution in [0.1, 0.15) is 38.4 Å². The van der Waals surface area contributed by atoms with Crippen molar-refractivity contribution in [3.63, 3.8) is 0 Å². The van der Waals surface area contributed by atoms with Gasteiger partial charge in [0.1, 0.15) is 11.4 Å². The minimum absolute atomic E-state index is 0. The Morgan fingerprint density at radius 1 is 1.40 bits per heavy atom. The number of aliphatic imine (C=N–C) groups is 1. The molecule has 0 aliphatic heterocycles. The fourth-order valence-corrected chi connectivity index (χ4v) is 2.93. The van der Waals surface area contributed by atoms with E-state index in [1.165, 1.54) is 6.26 Å². The first-order valence-corrected chi connectivity index (χ1v) is 8.02. The molecule has 0 radical (unpaired) electrons. The molecule has 0 aromatic carbocycles. The molecule has 1 aromatic heterocycles. The summed E-state index contributed by atoms with van der Waals surface area (Å²) in [5.41, 5.74) is -1.25. The van der Waals surface area contributed by atoms with E-state index in [2.05, 4.69) is 15.6 Å². The zero-order valence-corrected chi connectivity index (χ0v) is 16.6. The Hall–Kier alpha value is -0.970. The Labute approximate surface area is 162 Å². The van der Waals surface area contributed by atoms with Gasteiger partial charge in [-0.2, -0.15) is 13.2 Å². The van der Waals surface area contributed by atoms with E-state index in [1.807, 2.05) is 0 Å². The van der Waals surface area contributed by atoms with E-state index < -0.39 is 17.7 Å². The van der Waals surface area contributed by atoms with Crippen LogP contribution in [0.4, 0.5) is 13.2 Å². The molecule has 2 rings (SSSR count). The summed E-state index contributed by atoms with van der Waals surface area (Å²) in [5.74, 6) is -0.497. The van der Waals surface area contributed by atoms with Gasteiger partial charge < -0.3 is 20.2 Å². The van der Waals surface area contributed by atoms with Crippen LogP contribution in [0.2, 0.25) is 0 Å². The van der Waals surface area contributed by atoms with E-state index >= 15 is 0 Å².